The Hall–Kier alpha value is -3.03. The van der Waals surface area contributed by atoms with Crippen LogP contribution in [0.1, 0.15) is 0 Å². The number of hydrogen-bond acceptors (Lipinski definition) is 6. The summed E-state index contributed by atoms with van der Waals surface area (Å²) in [5, 5.41) is 3.39. The Balaban J connectivity index is 1.87. The fraction of sp³-hybridized carbons (Fsp3) is 0.348. The van der Waals surface area contributed by atoms with Gasteiger partial charge in [-0.15, -0.1) is 0 Å². The predicted octanol–water partition coefficient (Wildman–Crippen LogP) is 3.23. The maximum atomic E-state index is 5.94. The number of benzene rings is 2. The summed E-state index contributed by atoms with van der Waals surface area (Å²) in [6, 6.07) is 13.9. The first-order chi connectivity index (χ1) is 14.7. The zero-order chi connectivity index (χ0) is 20.9. The molecule has 4 rings (SSSR count). The highest BCUT2D eigenvalue weighted by atomic mass is 16.5. The first-order valence-electron chi connectivity index (χ1n) is 9.98. The van der Waals surface area contributed by atoms with Gasteiger partial charge in [-0.25, -0.2) is 4.98 Å². The molecule has 7 heteroatoms. The summed E-state index contributed by atoms with van der Waals surface area (Å²) in [7, 11) is 4.90. The molecule has 1 aliphatic rings. The molecule has 1 N–H and O–H groups in total. The molecule has 1 saturated heterocycles. The van der Waals surface area contributed by atoms with Crippen LogP contribution in [0, 0.1) is 0 Å². The Morgan fingerprint density at radius 3 is 2.43 bits per heavy atom. The molecule has 0 bridgehead atoms. The van der Waals surface area contributed by atoms with Crippen molar-refractivity contribution in [1.82, 2.24) is 14.9 Å². The largest absolute Gasteiger partial charge is 0.496 e. The van der Waals surface area contributed by atoms with Gasteiger partial charge in [-0.1, -0.05) is 30.3 Å². The van der Waals surface area contributed by atoms with Gasteiger partial charge in [0.2, 0.25) is 0 Å². The molecule has 2 aromatic carbocycles. The van der Waals surface area contributed by atoms with Crippen molar-refractivity contribution in [3.05, 3.63) is 48.8 Å². The van der Waals surface area contributed by atoms with E-state index in [2.05, 4.69) is 22.0 Å². The molecule has 7 nitrogen and oxygen atoms in total. The maximum absolute atomic E-state index is 5.94. The molecule has 1 aliphatic heterocycles. The van der Waals surface area contributed by atoms with Crippen LogP contribution in [0.25, 0.3) is 22.5 Å². The molecule has 0 unspecified atom stereocenters. The molecule has 1 aromatic heterocycles. The van der Waals surface area contributed by atoms with Gasteiger partial charge in [0, 0.05) is 30.3 Å². The number of aromatic nitrogens is 2. The van der Waals surface area contributed by atoms with Crippen molar-refractivity contribution >= 4 is 0 Å². The number of nitrogens with one attached hydrogen (secondary N) is 1. The van der Waals surface area contributed by atoms with E-state index in [1.807, 2.05) is 36.7 Å². The summed E-state index contributed by atoms with van der Waals surface area (Å²) in [6.07, 6.45) is 1.94. The fourth-order valence-corrected chi connectivity index (χ4v) is 3.78. The van der Waals surface area contributed by atoms with Gasteiger partial charge in [0.15, 0.2) is 11.5 Å². The van der Waals surface area contributed by atoms with E-state index >= 15 is 0 Å². The SMILES string of the molecule is COc1cc(OC)c(-c2c(-c3ccccc3)ncn2C[C@@H]2CNCCO2)cc1OC. The number of methoxy groups -OCH3 is 3. The molecule has 0 spiro atoms. The van der Waals surface area contributed by atoms with E-state index in [-0.39, 0.29) is 6.10 Å². The Bertz CT molecular complexity index is 982. The van der Waals surface area contributed by atoms with Crippen LogP contribution >= 0.6 is 0 Å². The summed E-state index contributed by atoms with van der Waals surface area (Å²) in [6.45, 7) is 3.08. The van der Waals surface area contributed by atoms with Gasteiger partial charge in [0.1, 0.15) is 5.75 Å². The Morgan fingerprint density at radius 2 is 1.77 bits per heavy atom. The van der Waals surface area contributed by atoms with Crippen LogP contribution in [-0.4, -0.2) is 56.7 Å². The van der Waals surface area contributed by atoms with Crippen LogP contribution < -0.4 is 19.5 Å². The van der Waals surface area contributed by atoms with E-state index in [1.165, 1.54) is 0 Å². The Labute approximate surface area is 176 Å². The van der Waals surface area contributed by atoms with Crippen LogP contribution in [0.2, 0.25) is 0 Å². The molecule has 0 radical (unpaired) electrons. The topological polar surface area (TPSA) is 66.8 Å². The standard InChI is InChI=1S/C23H27N3O4/c1-27-19-12-21(29-3)20(28-2)11-18(19)23-22(16-7-5-4-6-8-16)25-15-26(23)14-17-13-24-9-10-30-17/h4-8,11-12,15,17,24H,9-10,13-14H2,1-3H3/t17-/m0/s1. The predicted molar refractivity (Wildman–Crippen MR) is 115 cm³/mol. The molecule has 30 heavy (non-hydrogen) atoms. The van der Waals surface area contributed by atoms with E-state index in [4.69, 9.17) is 23.9 Å². The highest BCUT2D eigenvalue weighted by molar-refractivity contribution is 5.83. The van der Waals surface area contributed by atoms with E-state index in [0.29, 0.717) is 30.4 Å². The van der Waals surface area contributed by atoms with Crippen LogP contribution in [0.5, 0.6) is 17.2 Å². The van der Waals surface area contributed by atoms with Gasteiger partial charge in [0.05, 0.1) is 58.3 Å². The summed E-state index contributed by atoms with van der Waals surface area (Å²) < 4.78 is 24.8. The second-order valence-electron chi connectivity index (χ2n) is 7.06. The minimum absolute atomic E-state index is 0.0708. The number of ether oxygens (including phenoxy) is 4. The second-order valence-corrected chi connectivity index (χ2v) is 7.06. The van der Waals surface area contributed by atoms with E-state index < -0.39 is 0 Å². The van der Waals surface area contributed by atoms with Crippen molar-refractivity contribution in [3.8, 4) is 39.8 Å². The number of morpholine rings is 1. The van der Waals surface area contributed by atoms with Gasteiger partial charge in [-0.2, -0.15) is 0 Å². The molecule has 0 aliphatic carbocycles. The third kappa shape index (κ3) is 3.99. The van der Waals surface area contributed by atoms with E-state index in [1.54, 1.807) is 21.3 Å². The monoisotopic (exact) mass is 409 g/mol. The zero-order valence-electron chi connectivity index (χ0n) is 17.6. The summed E-state index contributed by atoms with van der Waals surface area (Å²) >= 11 is 0. The fourth-order valence-electron chi connectivity index (χ4n) is 3.78. The number of rotatable bonds is 7. The lowest BCUT2D eigenvalue weighted by atomic mass is 10.0. The average Bonchev–Trinajstić information content (AvgIpc) is 3.22. The second kappa shape index (κ2) is 9.19. The van der Waals surface area contributed by atoms with Crippen molar-refractivity contribution in [2.45, 2.75) is 12.6 Å². The molecule has 3 aromatic rings. The molecule has 1 fully saturated rings. The van der Waals surface area contributed by atoms with Crippen molar-refractivity contribution in [2.24, 2.45) is 0 Å². The number of nitrogens with zero attached hydrogens (tertiary/aromatic N) is 2. The highest BCUT2D eigenvalue weighted by Gasteiger charge is 2.23. The molecule has 2 heterocycles. The minimum atomic E-state index is 0.0708. The van der Waals surface area contributed by atoms with Crippen molar-refractivity contribution in [2.75, 3.05) is 41.0 Å². The van der Waals surface area contributed by atoms with Gasteiger partial charge in [0.25, 0.3) is 0 Å². The lowest BCUT2D eigenvalue weighted by Crippen LogP contribution is -2.40. The minimum Gasteiger partial charge on any atom is -0.496 e. The normalized spacial score (nSPS) is 16.3. The van der Waals surface area contributed by atoms with Crippen LogP contribution in [0.3, 0.4) is 0 Å². The van der Waals surface area contributed by atoms with E-state index in [0.717, 1.165) is 35.6 Å². The third-order valence-corrected chi connectivity index (χ3v) is 5.25. The molecule has 0 amide bonds. The number of imidazole rings is 1. The maximum Gasteiger partial charge on any atom is 0.164 e. The summed E-state index contributed by atoms with van der Waals surface area (Å²) in [5.74, 6) is 1.94. The van der Waals surface area contributed by atoms with Crippen LogP contribution in [0.15, 0.2) is 48.8 Å². The van der Waals surface area contributed by atoms with Crippen molar-refractivity contribution < 1.29 is 18.9 Å². The van der Waals surface area contributed by atoms with Crippen LogP contribution in [-0.2, 0) is 11.3 Å². The number of hydrogen-bond donors (Lipinski definition) is 1. The molecular weight excluding hydrogens is 382 g/mol. The highest BCUT2D eigenvalue weighted by Crippen LogP contribution is 2.43. The van der Waals surface area contributed by atoms with Crippen LogP contribution in [0.4, 0.5) is 0 Å². The quantitative estimate of drug-likeness (QED) is 0.646. The summed E-state index contributed by atoms with van der Waals surface area (Å²) in [5.41, 5.74) is 3.75. The van der Waals surface area contributed by atoms with Gasteiger partial charge < -0.3 is 28.8 Å². The molecule has 1 atom stereocenters. The first-order valence-corrected chi connectivity index (χ1v) is 9.98. The average molecular weight is 409 g/mol. The first kappa shape index (κ1) is 20.3. The van der Waals surface area contributed by atoms with Gasteiger partial charge in [-0.05, 0) is 6.07 Å². The summed E-state index contributed by atoms with van der Waals surface area (Å²) in [4.78, 5) is 4.76. The molecule has 158 valence electrons. The van der Waals surface area contributed by atoms with E-state index in [9.17, 15) is 0 Å². The van der Waals surface area contributed by atoms with Gasteiger partial charge in [-0.3, -0.25) is 0 Å². The van der Waals surface area contributed by atoms with Crippen molar-refractivity contribution in [1.29, 1.82) is 0 Å². The zero-order valence-corrected chi connectivity index (χ0v) is 17.6. The Morgan fingerprint density at radius 1 is 1.03 bits per heavy atom. The smallest absolute Gasteiger partial charge is 0.164 e. The molecular formula is C23H27N3O4. The van der Waals surface area contributed by atoms with Gasteiger partial charge >= 0.3 is 0 Å². The lowest BCUT2D eigenvalue weighted by Gasteiger charge is -2.25. The van der Waals surface area contributed by atoms with Crippen molar-refractivity contribution in [3.63, 3.8) is 0 Å². The lowest BCUT2D eigenvalue weighted by molar-refractivity contribution is 0.0184. The Kier molecular flexibility index (Phi) is 6.21. The third-order valence-electron chi connectivity index (χ3n) is 5.25. The molecule has 0 saturated carbocycles.